The monoisotopic (exact) mass is 279 g/mol. The van der Waals surface area contributed by atoms with Crippen molar-refractivity contribution < 1.29 is 4.74 Å². The molecule has 1 fully saturated rings. The maximum absolute atomic E-state index is 5.40. The molecule has 1 aliphatic carbocycles. The first-order chi connectivity index (χ1) is 9.22. The van der Waals surface area contributed by atoms with Gasteiger partial charge in [-0.2, -0.15) is 4.98 Å². The highest BCUT2D eigenvalue weighted by Crippen LogP contribution is 2.29. The van der Waals surface area contributed by atoms with Gasteiger partial charge in [-0.3, -0.25) is 4.40 Å². The number of hydrogen-bond donors (Lipinski definition) is 1. The van der Waals surface area contributed by atoms with E-state index in [0.717, 1.165) is 23.1 Å². The lowest BCUT2D eigenvalue weighted by molar-refractivity contribution is 0.250. The van der Waals surface area contributed by atoms with Crippen LogP contribution in [0.1, 0.15) is 44.7 Å². The molecular formula is C14H21N3OS. The smallest absolute Gasteiger partial charge is 0.237 e. The van der Waals surface area contributed by atoms with Gasteiger partial charge in [0.15, 0.2) is 4.96 Å². The van der Waals surface area contributed by atoms with Crippen molar-refractivity contribution in [3.8, 4) is 5.88 Å². The second-order valence-corrected chi connectivity index (χ2v) is 6.47. The van der Waals surface area contributed by atoms with Gasteiger partial charge >= 0.3 is 0 Å². The Labute approximate surface area is 117 Å². The number of thiazole rings is 1. The van der Waals surface area contributed by atoms with Gasteiger partial charge in [-0.1, -0.05) is 19.3 Å². The van der Waals surface area contributed by atoms with Crippen LogP contribution in [0.5, 0.6) is 5.88 Å². The normalized spacial score (nSPS) is 18.8. The van der Waals surface area contributed by atoms with Gasteiger partial charge in [-0.05, 0) is 19.8 Å². The van der Waals surface area contributed by atoms with Crippen molar-refractivity contribution >= 4 is 16.3 Å². The Bertz CT molecular complexity index is 554. The molecule has 0 atom stereocenters. The number of aromatic nitrogens is 2. The number of imidazole rings is 1. The molecule has 5 heteroatoms. The van der Waals surface area contributed by atoms with Gasteiger partial charge in [-0.25, -0.2) is 0 Å². The molecule has 1 N–H and O–H groups in total. The third-order valence-electron chi connectivity index (χ3n) is 4.16. The number of fused-ring (bicyclic) bond motifs is 1. The van der Waals surface area contributed by atoms with Crippen LogP contribution < -0.4 is 10.1 Å². The number of methoxy groups -OCH3 is 1. The summed E-state index contributed by atoms with van der Waals surface area (Å²) in [7, 11) is 1.69. The molecule has 0 unspecified atom stereocenters. The number of ether oxygens (including phenoxy) is 1. The minimum atomic E-state index is 0.267. The second kappa shape index (κ2) is 5.13. The van der Waals surface area contributed by atoms with Gasteiger partial charge in [0.1, 0.15) is 5.69 Å². The van der Waals surface area contributed by atoms with E-state index in [1.54, 1.807) is 18.4 Å². The quantitative estimate of drug-likeness (QED) is 0.934. The van der Waals surface area contributed by atoms with Crippen LogP contribution in [0.4, 0.5) is 0 Å². The fraction of sp³-hybridized carbons (Fsp3) is 0.643. The van der Waals surface area contributed by atoms with Crippen LogP contribution >= 0.6 is 11.3 Å². The van der Waals surface area contributed by atoms with E-state index >= 15 is 0 Å². The van der Waals surface area contributed by atoms with Crippen LogP contribution in [0.15, 0.2) is 11.6 Å². The molecule has 0 bridgehead atoms. The standard InChI is InChI=1S/C14H21N3OS/c1-14(6-4-3-5-7-14)15-10-11-12(18-2)16-13-17(11)8-9-19-13/h8-9,15H,3-7,10H2,1-2H3. The second-order valence-electron chi connectivity index (χ2n) is 5.60. The van der Waals surface area contributed by atoms with Gasteiger partial charge in [-0.15, -0.1) is 11.3 Å². The van der Waals surface area contributed by atoms with Crippen LogP contribution in [0, 0.1) is 0 Å². The average molecular weight is 279 g/mol. The molecule has 0 aliphatic heterocycles. The van der Waals surface area contributed by atoms with Crippen molar-refractivity contribution in [2.24, 2.45) is 0 Å². The Morgan fingerprint density at radius 1 is 1.42 bits per heavy atom. The number of hydrogen-bond acceptors (Lipinski definition) is 4. The highest BCUT2D eigenvalue weighted by atomic mass is 32.1. The Kier molecular flexibility index (Phi) is 3.50. The van der Waals surface area contributed by atoms with Crippen LogP contribution in [0.2, 0.25) is 0 Å². The third-order valence-corrected chi connectivity index (χ3v) is 4.91. The Hall–Kier alpha value is -1.07. The van der Waals surface area contributed by atoms with E-state index in [0.29, 0.717) is 0 Å². The first-order valence-electron chi connectivity index (χ1n) is 6.95. The van der Waals surface area contributed by atoms with Gasteiger partial charge in [0.2, 0.25) is 5.88 Å². The maximum Gasteiger partial charge on any atom is 0.237 e. The van der Waals surface area contributed by atoms with E-state index in [1.165, 1.54) is 32.1 Å². The van der Waals surface area contributed by atoms with Crippen molar-refractivity contribution in [1.29, 1.82) is 0 Å². The third kappa shape index (κ3) is 2.49. The summed E-state index contributed by atoms with van der Waals surface area (Å²) in [6, 6.07) is 0. The molecular weight excluding hydrogens is 258 g/mol. The molecule has 4 nitrogen and oxygen atoms in total. The Morgan fingerprint density at radius 3 is 2.95 bits per heavy atom. The van der Waals surface area contributed by atoms with E-state index in [-0.39, 0.29) is 5.54 Å². The predicted molar refractivity (Wildman–Crippen MR) is 78.0 cm³/mol. The SMILES string of the molecule is COc1nc2sccn2c1CNC1(C)CCCCC1. The molecule has 1 aliphatic rings. The summed E-state index contributed by atoms with van der Waals surface area (Å²) in [5.74, 6) is 0.749. The number of rotatable bonds is 4. The van der Waals surface area contributed by atoms with E-state index in [1.807, 2.05) is 0 Å². The molecule has 0 saturated heterocycles. The van der Waals surface area contributed by atoms with Gasteiger partial charge in [0.05, 0.1) is 7.11 Å². The fourth-order valence-electron chi connectivity index (χ4n) is 2.94. The molecule has 104 valence electrons. The van der Waals surface area contributed by atoms with E-state index in [4.69, 9.17) is 4.74 Å². The fourth-order valence-corrected chi connectivity index (χ4v) is 3.67. The van der Waals surface area contributed by atoms with Crippen molar-refractivity contribution in [3.05, 3.63) is 17.3 Å². The topological polar surface area (TPSA) is 38.6 Å². The molecule has 0 spiro atoms. The summed E-state index contributed by atoms with van der Waals surface area (Å²) in [6.07, 6.45) is 8.64. The van der Waals surface area contributed by atoms with Crippen molar-refractivity contribution in [2.45, 2.75) is 51.1 Å². The maximum atomic E-state index is 5.40. The zero-order valence-corrected chi connectivity index (χ0v) is 12.4. The van der Waals surface area contributed by atoms with Crippen molar-refractivity contribution in [1.82, 2.24) is 14.7 Å². The summed E-state index contributed by atoms with van der Waals surface area (Å²) in [5.41, 5.74) is 1.40. The minimum absolute atomic E-state index is 0.267. The van der Waals surface area contributed by atoms with Crippen LogP contribution in [-0.2, 0) is 6.54 Å². The summed E-state index contributed by atoms with van der Waals surface area (Å²) in [4.78, 5) is 5.50. The molecule has 19 heavy (non-hydrogen) atoms. The van der Waals surface area contributed by atoms with E-state index in [9.17, 15) is 0 Å². The zero-order valence-electron chi connectivity index (χ0n) is 11.6. The molecule has 0 radical (unpaired) electrons. The van der Waals surface area contributed by atoms with Crippen molar-refractivity contribution in [2.75, 3.05) is 7.11 Å². The Balaban J connectivity index is 1.78. The summed E-state index contributed by atoms with van der Waals surface area (Å²) >= 11 is 1.64. The van der Waals surface area contributed by atoms with Gasteiger partial charge in [0.25, 0.3) is 0 Å². The molecule has 0 amide bonds. The number of nitrogens with one attached hydrogen (secondary N) is 1. The molecule has 1 saturated carbocycles. The number of nitrogens with zero attached hydrogens (tertiary/aromatic N) is 2. The van der Waals surface area contributed by atoms with Gasteiger partial charge < -0.3 is 10.1 Å². The molecule has 2 aromatic heterocycles. The lowest BCUT2D eigenvalue weighted by Gasteiger charge is -2.34. The van der Waals surface area contributed by atoms with Crippen LogP contribution in [0.25, 0.3) is 4.96 Å². The van der Waals surface area contributed by atoms with Crippen LogP contribution in [0.3, 0.4) is 0 Å². The highest BCUT2D eigenvalue weighted by Gasteiger charge is 2.27. The molecule has 2 aromatic rings. The molecule has 2 heterocycles. The lowest BCUT2D eigenvalue weighted by Crippen LogP contribution is -2.43. The summed E-state index contributed by atoms with van der Waals surface area (Å²) in [5, 5.41) is 5.78. The van der Waals surface area contributed by atoms with E-state index < -0.39 is 0 Å². The van der Waals surface area contributed by atoms with Crippen LogP contribution in [-0.4, -0.2) is 22.0 Å². The van der Waals surface area contributed by atoms with Crippen molar-refractivity contribution in [3.63, 3.8) is 0 Å². The summed E-state index contributed by atoms with van der Waals surface area (Å²) < 4.78 is 7.52. The first-order valence-corrected chi connectivity index (χ1v) is 7.83. The average Bonchev–Trinajstić information content (AvgIpc) is 2.97. The van der Waals surface area contributed by atoms with E-state index in [2.05, 4.69) is 33.2 Å². The predicted octanol–water partition coefficient (Wildman–Crippen LogP) is 3.22. The minimum Gasteiger partial charge on any atom is -0.480 e. The molecule has 0 aromatic carbocycles. The lowest BCUT2D eigenvalue weighted by atomic mass is 9.83. The van der Waals surface area contributed by atoms with Gasteiger partial charge in [0, 0.05) is 23.7 Å². The largest absolute Gasteiger partial charge is 0.480 e. The zero-order chi connectivity index (χ0) is 13.3. The summed E-state index contributed by atoms with van der Waals surface area (Å²) in [6.45, 7) is 3.15. The Morgan fingerprint density at radius 2 is 2.21 bits per heavy atom. The molecule has 3 rings (SSSR count). The highest BCUT2D eigenvalue weighted by molar-refractivity contribution is 7.15. The first kappa shape index (κ1) is 12.9.